The van der Waals surface area contributed by atoms with Gasteiger partial charge in [-0.2, -0.15) is 0 Å². The number of hydrogen-bond donors (Lipinski definition) is 1. The second kappa shape index (κ2) is 14.9. The van der Waals surface area contributed by atoms with E-state index in [-0.39, 0.29) is 25.0 Å². The minimum Gasteiger partial charge on any atom is -0.497 e. The molecular formula is C20H34O8. The fraction of sp³-hybridized carbons (Fsp3) is 0.750. The van der Waals surface area contributed by atoms with Crippen molar-refractivity contribution < 1.29 is 38.4 Å². The summed E-state index contributed by atoms with van der Waals surface area (Å²) in [6, 6.07) is 0. The number of methoxy groups -OCH3 is 1. The fourth-order valence-corrected chi connectivity index (χ4v) is 2.48. The van der Waals surface area contributed by atoms with Gasteiger partial charge in [-0.05, 0) is 32.3 Å². The van der Waals surface area contributed by atoms with Crippen LogP contribution in [0.25, 0.3) is 0 Å². The van der Waals surface area contributed by atoms with Gasteiger partial charge in [0.05, 0.1) is 13.7 Å². The van der Waals surface area contributed by atoms with Gasteiger partial charge in [0.25, 0.3) is 0 Å². The number of rotatable bonds is 14. The summed E-state index contributed by atoms with van der Waals surface area (Å²) in [6.07, 6.45) is 0.0787. The first-order valence-corrected chi connectivity index (χ1v) is 9.77. The summed E-state index contributed by atoms with van der Waals surface area (Å²) in [5.74, 6) is -1.39. The predicted octanol–water partition coefficient (Wildman–Crippen LogP) is 2.66. The first kappa shape index (κ1) is 25.9. The maximum Gasteiger partial charge on any atom is 0.306 e. The lowest BCUT2D eigenvalue weighted by molar-refractivity contribution is -0.188. The Morgan fingerprint density at radius 1 is 0.857 bits per heavy atom. The Kier molecular flexibility index (Phi) is 13.8. The molecule has 0 aromatic carbocycles. The molecule has 0 saturated heterocycles. The number of aliphatic hydroxyl groups is 1. The first-order chi connectivity index (χ1) is 13.4. The SMILES string of the molecule is C/C=C(\OC)[C@H](OC(=O)CCC)[C@H](OC(=O)CCC)[C@@H](CO)OC(=O)CCC. The molecule has 28 heavy (non-hydrogen) atoms. The van der Waals surface area contributed by atoms with Crippen molar-refractivity contribution in [3.63, 3.8) is 0 Å². The van der Waals surface area contributed by atoms with Gasteiger partial charge in [-0.25, -0.2) is 0 Å². The molecule has 1 N–H and O–H groups in total. The van der Waals surface area contributed by atoms with Crippen molar-refractivity contribution in [2.75, 3.05) is 13.7 Å². The van der Waals surface area contributed by atoms with Crippen LogP contribution in [0.5, 0.6) is 0 Å². The van der Waals surface area contributed by atoms with E-state index in [1.807, 2.05) is 20.8 Å². The molecule has 0 aliphatic rings. The highest BCUT2D eigenvalue weighted by atomic mass is 16.6. The monoisotopic (exact) mass is 402 g/mol. The summed E-state index contributed by atoms with van der Waals surface area (Å²) in [6.45, 7) is 6.51. The lowest BCUT2D eigenvalue weighted by atomic mass is 10.0. The standard InChI is InChI=1S/C20H34O8/c1-6-10-16(22)26-15(13-21)20(28-18(24)12-8-3)19(14(9-4)25-5)27-17(23)11-7-2/h9,15,19-21H,6-8,10-13H2,1-5H3/b14-9-/t15-,19+,20-/m1/s1. The molecule has 0 fully saturated rings. The Hall–Kier alpha value is -2.09. The molecule has 8 nitrogen and oxygen atoms in total. The molecule has 162 valence electrons. The van der Waals surface area contributed by atoms with Gasteiger partial charge in [-0.1, -0.05) is 20.8 Å². The van der Waals surface area contributed by atoms with E-state index in [2.05, 4.69) is 0 Å². The van der Waals surface area contributed by atoms with Gasteiger partial charge < -0.3 is 24.1 Å². The second-order valence-electron chi connectivity index (χ2n) is 6.22. The van der Waals surface area contributed by atoms with E-state index >= 15 is 0 Å². The molecular weight excluding hydrogens is 368 g/mol. The Labute approximate surface area is 167 Å². The average molecular weight is 402 g/mol. The number of aliphatic hydroxyl groups excluding tert-OH is 1. The zero-order chi connectivity index (χ0) is 21.5. The molecule has 0 radical (unpaired) electrons. The van der Waals surface area contributed by atoms with E-state index in [0.29, 0.717) is 19.3 Å². The molecule has 0 unspecified atom stereocenters. The van der Waals surface area contributed by atoms with Crippen LogP contribution in [0.1, 0.15) is 66.2 Å². The van der Waals surface area contributed by atoms with E-state index < -0.39 is 42.8 Å². The van der Waals surface area contributed by atoms with Crippen molar-refractivity contribution >= 4 is 17.9 Å². The summed E-state index contributed by atoms with van der Waals surface area (Å²) in [5, 5.41) is 9.80. The summed E-state index contributed by atoms with van der Waals surface area (Å²) >= 11 is 0. The van der Waals surface area contributed by atoms with Crippen molar-refractivity contribution in [1.82, 2.24) is 0 Å². The largest absolute Gasteiger partial charge is 0.497 e. The predicted molar refractivity (Wildman–Crippen MR) is 102 cm³/mol. The number of carbonyl (C=O) groups excluding carboxylic acids is 3. The van der Waals surface area contributed by atoms with Crippen LogP contribution >= 0.6 is 0 Å². The first-order valence-electron chi connectivity index (χ1n) is 9.77. The minimum absolute atomic E-state index is 0.130. The summed E-state index contributed by atoms with van der Waals surface area (Å²) in [7, 11) is 1.39. The second-order valence-corrected chi connectivity index (χ2v) is 6.22. The Bertz CT molecular complexity index is 514. The van der Waals surface area contributed by atoms with Crippen molar-refractivity contribution in [2.45, 2.75) is 84.5 Å². The zero-order valence-electron chi connectivity index (χ0n) is 17.6. The average Bonchev–Trinajstić information content (AvgIpc) is 2.65. The van der Waals surface area contributed by atoms with E-state index in [0.717, 1.165) is 0 Å². The van der Waals surface area contributed by atoms with Crippen LogP contribution in [0, 0.1) is 0 Å². The number of carbonyl (C=O) groups is 3. The molecule has 0 spiro atoms. The van der Waals surface area contributed by atoms with Crippen LogP contribution < -0.4 is 0 Å². The quantitative estimate of drug-likeness (QED) is 0.268. The summed E-state index contributed by atoms with van der Waals surface area (Å²) in [5.41, 5.74) is 0. The molecule has 3 atom stereocenters. The normalized spacial score (nSPS) is 14.6. The van der Waals surface area contributed by atoms with Crippen LogP contribution in [-0.2, 0) is 33.3 Å². The van der Waals surface area contributed by atoms with Crippen LogP contribution in [0.4, 0.5) is 0 Å². The molecule has 0 saturated carbocycles. The molecule has 8 heteroatoms. The molecule has 0 amide bonds. The molecule has 0 aliphatic carbocycles. The highest BCUT2D eigenvalue weighted by Crippen LogP contribution is 2.22. The van der Waals surface area contributed by atoms with Gasteiger partial charge in [0.15, 0.2) is 18.3 Å². The number of hydrogen-bond acceptors (Lipinski definition) is 8. The van der Waals surface area contributed by atoms with Crippen molar-refractivity contribution in [1.29, 1.82) is 0 Å². The molecule has 0 bridgehead atoms. The third-order valence-electron chi connectivity index (χ3n) is 3.82. The van der Waals surface area contributed by atoms with Gasteiger partial charge in [0.2, 0.25) is 0 Å². The molecule has 0 heterocycles. The Morgan fingerprint density at radius 3 is 1.71 bits per heavy atom. The van der Waals surface area contributed by atoms with Crippen LogP contribution in [-0.4, -0.2) is 55.0 Å². The smallest absolute Gasteiger partial charge is 0.306 e. The van der Waals surface area contributed by atoms with Crippen LogP contribution in [0.15, 0.2) is 11.8 Å². The number of esters is 3. The van der Waals surface area contributed by atoms with Crippen molar-refractivity contribution in [3.8, 4) is 0 Å². The maximum atomic E-state index is 12.2. The highest BCUT2D eigenvalue weighted by Gasteiger charge is 2.40. The van der Waals surface area contributed by atoms with Gasteiger partial charge in [-0.3, -0.25) is 14.4 Å². The minimum atomic E-state index is -1.24. The van der Waals surface area contributed by atoms with Gasteiger partial charge in [0, 0.05) is 19.3 Å². The molecule has 0 aliphatic heterocycles. The van der Waals surface area contributed by atoms with E-state index in [9.17, 15) is 19.5 Å². The van der Waals surface area contributed by atoms with Crippen molar-refractivity contribution in [2.24, 2.45) is 0 Å². The lowest BCUT2D eigenvalue weighted by Gasteiger charge is -2.32. The molecule has 0 aromatic rings. The third-order valence-corrected chi connectivity index (χ3v) is 3.82. The zero-order valence-corrected chi connectivity index (χ0v) is 17.6. The number of allylic oxidation sites excluding steroid dienone is 1. The summed E-state index contributed by atoms with van der Waals surface area (Å²) < 4.78 is 21.5. The fourth-order valence-electron chi connectivity index (χ4n) is 2.48. The highest BCUT2D eigenvalue weighted by molar-refractivity contribution is 5.71. The molecule has 0 aromatic heterocycles. The molecule has 0 rings (SSSR count). The Balaban J connectivity index is 5.86. The topological polar surface area (TPSA) is 108 Å². The van der Waals surface area contributed by atoms with E-state index in [1.165, 1.54) is 7.11 Å². The van der Waals surface area contributed by atoms with Gasteiger partial charge in [0.1, 0.15) is 5.76 Å². The van der Waals surface area contributed by atoms with E-state index in [4.69, 9.17) is 18.9 Å². The lowest BCUT2D eigenvalue weighted by Crippen LogP contribution is -2.48. The third kappa shape index (κ3) is 9.21. The van der Waals surface area contributed by atoms with Gasteiger partial charge >= 0.3 is 17.9 Å². The van der Waals surface area contributed by atoms with Crippen LogP contribution in [0.3, 0.4) is 0 Å². The van der Waals surface area contributed by atoms with Crippen molar-refractivity contribution in [3.05, 3.63) is 11.8 Å². The van der Waals surface area contributed by atoms with Gasteiger partial charge in [-0.15, -0.1) is 0 Å². The number of ether oxygens (including phenoxy) is 4. The Morgan fingerprint density at radius 2 is 1.32 bits per heavy atom. The maximum absolute atomic E-state index is 12.2. The van der Waals surface area contributed by atoms with E-state index in [1.54, 1.807) is 13.0 Å². The summed E-state index contributed by atoms with van der Waals surface area (Å²) in [4.78, 5) is 36.2. The van der Waals surface area contributed by atoms with Crippen LogP contribution in [0.2, 0.25) is 0 Å².